The van der Waals surface area contributed by atoms with Gasteiger partial charge in [-0.15, -0.1) is 0 Å². The van der Waals surface area contributed by atoms with Crippen molar-refractivity contribution in [1.29, 1.82) is 0 Å². The van der Waals surface area contributed by atoms with Gasteiger partial charge in [0.2, 0.25) is 0 Å². The summed E-state index contributed by atoms with van der Waals surface area (Å²) in [5.74, 6) is 2.41. The van der Waals surface area contributed by atoms with E-state index in [9.17, 15) is 7.35 Å². The second-order valence-corrected chi connectivity index (χ2v) is 22.0. The van der Waals surface area contributed by atoms with E-state index in [1.165, 1.54) is 123 Å². The summed E-state index contributed by atoms with van der Waals surface area (Å²) in [6.07, 6.45) is 19.1. The fraction of sp³-hybridized carbons (Fsp3) is 0.286. The van der Waals surface area contributed by atoms with Gasteiger partial charge in [-0.05, 0) is 0 Å². The first-order valence-electron chi connectivity index (χ1n) is 32.4. The number of hydrogen-bond donors (Lipinski definition) is 11. The molecule has 0 radical (unpaired) electrons. The number of rotatable bonds is 12. The Morgan fingerprint density at radius 2 is 0.327 bits per heavy atom. The van der Waals surface area contributed by atoms with Gasteiger partial charge in [-0.2, -0.15) is 0 Å². The van der Waals surface area contributed by atoms with Gasteiger partial charge >= 0.3 is 166 Å². The fourth-order valence-corrected chi connectivity index (χ4v) is 7.32. The molecule has 0 aliphatic rings. The maximum absolute atomic E-state index is 9.22. The minimum atomic E-state index is -1.81. The van der Waals surface area contributed by atoms with Gasteiger partial charge in [-0.25, -0.2) is 0 Å². The Kier molecular flexibility index (Phi) is 63.2. The molecule has 0 fully saturated rings. The van der Waals surface area contributed by atoms with Gasteiger partial charge in [0, 0.05) is 64.2 Å². The molecule has 0 unspecified atom stereocenters. The first-order valence-corrected chi connectivity index (χ1v) is 37.5. The third kappa shape index (κ3) is 43.5. The zero-order valence-corrected chi connectivity index (χ0v) is 69.2. The van der Waals surface area contributed by atoms with E-state index in [1.54, 1.807) is 0 Å². The topological polar surface area (TPSA) is 680 Å². The third-order valence-corrected chi connectivity index (χ3v) is 13.8. The van der Waals surface area contributed by atoms with E-state index in [1.807, 2.05) is 69.2 Å². The van der Waals surface area contributed by atoms with Gasteiger partial charge in [0.25, 0.3) is 57.5 Å². The monoisotopic (exact) mass is 1790 g/mol. The summed E-state index contributed by atoms with van der Waals surface area (Å²) in [6.45, 7) is 18.3. The summed E-state index contributed by atoms with van der Waals surface area (Å²) in [5.41, 5.74) is -1.36. The normalized spacial score (nSPS) is 9.08. The van der Waals surface area contributed by atoms with Gasteiger partial charge in [0.1, 0.15) is 62.6 Å². The van der Waals surface area contributed by atoms with Crippen LogP contribution in [0.5, 0.6) is 57.5 Å². The van der Waals surface area contributed by atoms with Crippen LogP contribution in [0.25, 0.3) is 0 Å². The summed E-state index contributed by atoms with van der Waals surface area (Å²) >= 11 is -4.92. The number of aromatic hydroxyl groups is 10. The molecule has 43 heteroatoms. The van der Waals surface area contributed by atoms with Crippen molar-refractivity contribution in [2.75, 3.05) is 0 Å². The second-order valence-electron chi connectivity index (χ2n) is 19.7. The molecule has 38 nitrogen and oxygen atoms in total. The van der Waals surface area contributed by atoms with E-state index in [0.717, 1.165) is 17.4 Å². The average molecular weight is 1800 g/mol. The third-order valence-electron chi connectivity index (χ3n) is 12.7. The minimum absolute atomic E-state index is 0.136. The Morgan fingerprint density at radius 3 is 0.372 bits per heavy atom. The van der Waals surface area contributed by atoms with Crippen LogP contribution >= 0.6 is 0 Å². The molecule has 10 rings (SSSR count). The van der Waals surface area contributed by atoms with Crippen molar-refractivity contribution in [3.05, 3.63) is 235 Å². The van der Waals surface area contributed by atoms with Crippen LogP contribution < -0.4 is 54.3 Å². The Balaban J connectivity index is -0.000000574. The fourth-order valence-electron chi connectivity index (χ4n) is 7.10. The molecule has 0 saturated carbocycles. The van der Waals surface area contributed by atoms with Crippen LogP contribution in [0, 0.1) is 0 Å². The molecule has 614 valence electrons. The Bertz CT molecular complexity index is 4080. The Hall–Kier alpha value is -10.9. The molecular weight excluding hydrogens is 1700 g/mol. The first kappa shape index (κ1) is 108. The summed E-state index contributed by atoms with van der Waals surface area (Å²) in [4.78, 5) is 89.2. The molecular formula is C70H91O38V5+10. The molecule has 113 heavy (non-hydrogen) atoms. The predicted molar refractivity (Wildman–Crippen MR) is 356 cm³/mol. The molecule has 10 heterocycles. The number of hydrogen-bond acceptors (Lipinski definition) is 27. The van der Waals surface area contributed by atoms with Crippen LogP contribution in [0.2, 0.25) is 0 Å². The molecule has 0 bridgehead atoms. The molecule has 0 amide bonds. The van der Waals surface area contributed by atoms with Gasteiger partial charge in [0.15, 0.2) is 57.6 Å². The summed E-state index contributed by atoms with van der Waals surface area (Å²) in [7, 11) is 0. The van der Waals surface area contributed by atoms with Crippen molar-refractivity contribution in [2.24, 2.45) is 0 Å². The van der Waals surface area contributed by atoms with Crippen LogP contribution in [0.3, 0.4) is 0 Å². The Morgan fingerprint density at radius 1 is 0.248 bits per heavy atom. The van der Waals surface area contributed by atoms with Crippen molar-refractivity contribution < 1.29 is 255 Å². The molecule has 10 aromatic rings. The average Bonchev–Trinajstić information content (AvgIpc) is 0.994. The molecule has 0 aliphatic carbocycles. The first-order chi connectivity index (χ1) is 53.8. The van der Waals surface area contributed by atoms with E-state index in [4.69, 9.17) is 162 Å². The SMILES string of the molecule is CCc1occc(=[OH+])c1O.CCc1occc(=[OH+])c1O.CCc1occc(=[OH+])c1O.CCc1occc(=[OH+])c1O.CCc1occc(=[OH+])c1O.CCc1occc(=[OH+])c1O.CCc1occc(=[OH+])c1O.CCc1occc(=[OH+])c1O.CCc1occc(=[OH+])c1O.CCc1occc(=[OH+])c1O.[O]=[V].[O]=[V]=[O].[O]=[V][OH].[O]=[V][O][V]=[O]. The van der Waals surface area contributed by atoms with Crippen molar-refractivity contribution in [3.63, 3.8) is 0 Å². The Labute approximate surface area is 676 Å². The van der Waals surface area contributed by atoms with Gasteiger partial charge < -0.3 is 95.2 Å². The van der Waals surface area contributed by atoms with Gasteiger partial charge in [-0.3, -0.25) is 47.9 Å². The van der Waals surface area contributed by atoms with E-state index in [0.29, 0.717) is 122 Å². The van der Waals surface area contributed by atoms with E-state index in [2.05, 4.69) is 2.59 Å². The molecule has 0 atom stereocenters. The molecule has 0 aromatic carbocycles. The predicted octanol–water partition coefficient (Wildman–Crippen LogP) is 4.17. The molecule has 0 aliphatic heterocycles. The van der Waals surface area contributed by atoms with Crippen molar-refractivity contribution in [3.8, 4) is 57.5 Å². The van der Waals surface area contributed by atoms with E-state index < -0.39 is 65.9 Å². The molecule has 0 saturated heterocycles. The quantitative estimate of drug-likeness (QED) is 0.0764. The van der Waals surface area contributed by atoms with Crippen LogP contribution in [0.15, 0.2) is 167 Å². The van der Waals surface area contributed by atoms with Crippen LogP contribution in [0.1, 0.15) is 127 Å². The number of aryl methyl sites for hydroxylation is 10. The van der Waals surface area contributed by atoms with Gasteiger partial charge in [-0.1, -0.05) is 69.2 Å². The standard InChI is InChI=1S/10C7H8O3.H2O.7O.5V/c10*1-2-6-7(9)5(8)3-4-10-6;;;;;;;;;;;;;/h10*3-4,9H,2H2,1H3;1H2;;;;;;;;;;;;/q;;;;;;;;;;;;;;;;;;;;;;+1/p+9. The zero-order valence-electron chi connectivity index (χ0n) is 62.2. The van der Waals surface area contributed by atoms with Crippen molar-refractivity contribution in [2.45, 2.75) is 133 Å². The summed E-state index contributed by atoms with van der Waals surface area (Å²) in [5, 5.41) is 90.5. The van der Waals surface area contributed by atoms with E-state index >= 15 is 0 Å². The van der Waals surface area contributed by atoms with Crippen molar-refractivity contribution in [1.82, 2.24) is 0 Å². The maximum atomic E-state index is 9.22. The van der Waals surface area contributed by atoms with Crippen LogP contribution in [-0.4, -0.2) is 103 Å². The molecule has 10 aromatic heterocycles. The van der Waals surface area contributed by atoms with Crippen LogP contribution in [-0.2, 0) is 172 Å². The zero-order chi connectivity index (χ0) is 87.1. The molecule has 21 N–H and O–H groups in total. The van der Waals surface area contributed by atoms with E-state index in [-0.39, 0.29) is 112 Å². The second kappa shape index (κ2) is 65.8. The summed E-state index contributed by atoms with van der Waals surface area (Å²) < 4.78 is 112. The van der Waals surface area contributed by atoms with Crippen LogP contribution in [0.4, 0.5) is 0 Å². The van der Waals surface area contributed by atoms with Gasteiger partial charge in [0.05, 0.1) is 60.7 Å². The van der Waals surface area contributed by atoms with Crippen molar-refractivity contribution >= 4 is 0 Å². The molecule has 0 spiro atoms. The summed E-state index contributed by atoms with van der Waals surface area (Å²) in [6, 6.07) is 13.0.